The summed E-state index contributed by atoms with van der Waals surface area (Å²) in [4.78, 5) is 34.9. The van der Waals surface area contributed by atoms with Gasteiger partial charge < -0.3 is 4.90 Å². The summed E-state index contributed by atoms with van der Waals surface area (Å²) in [5.74, 6) is 0.321. The summed E-state index contributed by atoms with van der Waals surface area (Å²) in [6, 6.07) is 15.3. The fraction of sp³-hybridized carbons (Fsp3) is 0.227. The third kappa shape index (κ3) is 2.54. The van der Waals surface area contributed by atoms with Crippen LogP contribution in [0.2, 0.25) is 0 Å². The number of rotatable bonds is 2. The predicted molar refractivity (Wildman–Crippen MR) is 111 cm³/mol. The molecule has 0 spiro atoms. The monoisotopic (exact) mass is 387 g/mol. The molecule has 5 rings (SSSR count). The number of aryl methyl sites for hydroxylation is 2. The molecule has 0 radical (unpaired) electrons. The van der Waals surface area contributed by atoms with E-state index in [4.69, 9.17) is 4.99 Å². The minimum absolute atomic E-state index is 0.331. The summed E-state index contributed by atoms with van der Waals surface area (Å²) in [5.41, 5.74) is 5.33. The molecule has 0 aliphatic carbocycles. The molecule has 7 nitrogen and oxygen atoms in total. The maximum Gasteiger partial charge on any atom is 0.325 e. The summed E-state index contributed by atoms with van der Waals surface area (Å²) in [7, 11) is 1.66. The molecular formula is C22H21N5O2. The number of imide groups is 1. The van der Waals surface area contributed by atoms with Crippen LogP contribution in [-0.4, -0.2) is 47.0 Å². The van der Waals surface area contributed by atoms with Gasteiger partial charge in [0.2, 0.25) is 5.96 Å². The molecule has 2 aromatic carbocycles. The van der Waals surface area contributed by atoms with Crippen LogP contribution in [0.1, 0.15) is 16.7 Å². The molecule has 0 bridgehead atoms. The maximum atomic E-state index is 12.6. The van der Waals surface area contributed by atoms with E-state index >= 15 is 0 Å². The van der Waals surface area contributed by atoms with Gasteiger partial charge in [-0.2, -0.15) is 0 Å². The van der Waals surface area contributed by atoms with Crippen LogP contribution in [0, 0.1) is 13.8 Å². The van der Waals surface area contributed by atoms with Gasteiger partial charge in [0.25, 0.3) is 5.91 Å². The van der Waals surface area contributed by atoms with Crippen LogP contribution in [0.5, 0.6) is 0 Å². The van der Waals surface area contributed by atoms with Crippen molar-refractivity contribution < 1.29 is 9.59 Å². The number of amides is 3. The van der Waals surface area contributed by atoms with Gasteiger partial charge in [0, 0.05) is 24.5 Å². The quantitative estimate of drug-likeness (QED) is 0.860. The van der Waals surface area contributed by atoms with Crippen molar-refractivity contribution in [1.82, 2.24) is 15.1 Å². The summed E-state index contributed by atoms with van der Waals surface area (Å²) < 4.78 is 0. The van der Waals surface area contributed by atoms with Crippen LogP contribution < -0.4 is 10.2 Å². The van der Waals surface area contributed by atoms with Gasteiger partial charge in [-0.1, -0.05) is 36.4 Å². The average molecular weight is 387 g/mol. The fourth-order valence-corrected chi connectivity index (χ4v) is 4.01. The van der Waals surface area contributed by atoms with Crippen molar-refractivity contribution in [3.05, 3.63) is 71.4 Å². The normalized spacial score (nSPS) is 22.9. The van der Waals surface area contributed by atoms with Crippen LogP contribution >= 0.6 is 0 Å². The van der Waals surface area contributed by atoms with Gasteiger partial charge in [0.05, 0.1) is 5.70 Å². The number of benzene rings is 2. The second kappa shape index (κ2) is 6.20. The molecule has 1 N–H and O–H groups in total. The number of guanidine groups is 1. The molecule has 2 aromatic rings. The Morgan fingerprint density at radius 1 is 1.00 bits per heavy atom. The van der Waals surface area contributed by atoms with E-state index in [0.29, 0.717) is 5.96 Å². The number of carbonyl (C=O) groups excluding carboxylic acids is 2. The van der Waals surface area contributed by atoms with Gasteiger partial charge >= 0.3 is 6.03 Å². The van der Waals surface area contributed by atoms with Gasteiger partial charge in [0.1, 0.15) is 0 Å². The first kappa shape index (κ1) is 17.5. The van der Waals surface area contributed by atoms with Crippen LogP contribution in [0.15, 0.2) is 59.7 Å². The van der Waals surface area contributed by atoms with Gasteiger partial charge in [-0.15, -0.1) is 0 Å². The number of likely N-dealkylation sites (N-methyl/N-ethyl adjacent to an activating group) is 1. The SMILES string of the molecule is Cc1ccc(N2C(c3ccccc3)=CN3C2=NC2C3C(=O)NC(=O)N2C)cc1C. The zero-order valence-electron chi connectivity index (χ0n) is 16.5. The number of urea groups is 1. The molecule has 3 amide bonds. The lowest BCUT2D eigenvalue weighted by Gasteiger charge is -2.34. The second-order valence-corrected chi connectivity index (χ2v) is 7.58. The Labute approximate surface area is 168 Å². The maximum absolute atomic E-state index is 12.6. The molecule has 0 saturated carbocycles. The zero-order valence-corrected chi connectivity index (χ0v) is 16.5. The topological polar surface area (TPSA) is 68.2 Å². The van der Waals surface area contributed by atoms with E-state index in [1.807, 2.05) is 41.4 Å². The molecule has 1 saturated heterocycles. The van der Waals surface area contributed by atoms with Crippen molar-refractivity contribution in [3.8, 4) is 0 Å². The van der Waals surface area contributed by atoms with Crippen molar-refractivity contribution in [2.24, 2.45) is 4.99 Å². The third-order valence-corrected chi connectivity index (χ3v) is 5.80. The number of nitrogens with zero attached hydrogens (tertiary/aromatic N) is 4. The molecule has 2 unspecified atom stereocenters. The van der Waals surface area contributed by atoms with Crippen LogP contribution in [0.3, 0.4) is 0 Å². The first-order chi connectivity index (χ1) is 14.0. The minimum Gasteiger partial charge on any atom is -0.303 e. The highest BCUT2D eigenvalue weighted by Gasteiger charge is 2.52. The smallest absolute Gasteiger partial charge is 0.303 e. The summed E-state index contributed by atoms with van der Waals surface area (Å²) in [6.45, 7) is 4.16. The van der Waals surface area contributed by atoms with Crippen molar-refractivity contribution in [2.45, 2.75) is 26.1 Å². The van der Waals surface area contributed by atoms with E-state index in [1.165, 1.54) is 16.0 Å². The molecule has 3 aliphatic heterocycles. The molecule has 2 atom stereocenters. The van der Waals surface area contributed by atoms with E-state index in [9.17, 15) is 9.59 Å². The summed E-state index contributed by atoms with van der Waals surface area (Å²) >= 11 is 0. The molecule has 3 heterocycles. The first-order valence-electron chi connectivity index (χ1n) is 9.54. The Morgan fingerprint density at radius 2 is 1.76 bits per heavy atom. The van der Waals surface area contributed by atoms with E-state index in [1.54, 1.807) is 7.05 Å². The molecule has 1 fully saturated rings. The van der Waals surface area contributed by atoms with Gasteiger partial charge in [-0.05, 0) is 37.1 Å². The first-order valence-corrected chi connectivity index (χ1v) is 9.54. The Balaban J connectivity index is 1.66. The van der Waals surface area contributed by atoms with Crippen LogP contribution in [-0.2, 0) is 4.79 Å². The molecular weight excluding hydrogens is 366 g/mol. The lowest BCUT2D eigenvalue weighted by Crippen LogP contribution is -2.62. The van der Waals surface area contributed by atoms with E-state index in [0.717, 1.165) is 16.9 Å². The molecule has 0 aromatic heterocycles. The lowest BCUT2D eigenvalue weighted by atomic mass is 10.1. The zero-order chi connectivity index (χ0) is 20.3. The van der Waals surface area contributed by atoms with Gasteiger partial charge in [-0.3, -0.25) is 19.9 Å². The molecule has 29 heavy (non-hydrogen) atoms. The highest BCUT2D eigenvalue weighted by atomic mass is 16.2. The van der Waals surface area contributed by atoms with E-state index < -0.39 is 18.2 Å². The highest BCUT2D eigenvalue weighted by Crippen LogP contribution is 2.39. The number of carbonyl (C=O) groups is 2. The highest BCUT2D eigenvalue weighted by molar-refractivity contribution is 6.16. The number of fused-ring (bicyclic) bond motifs is 3. The van der Waals surface area contributed by atoms with E-state index in [2.05, 4.69) is 42.3 Å². The minimum atomic E-state index is -0.581. The van der Waals surface area contributed by atoms with Crippen molar-refractivity contribution in [1.29, 1.82) is 0 Å². The standard InChI is InChI=1S/C22H21N5O2/c1-13-9-10-16(11-14(13)2)27-17(15-7-5-4-6-8-15)12-26-18-19(23-21(26)27)25(3)22(29)24-20(18)28/h4-12,18-19H,1-3H3,(H,24,28,29). The second-order valence-electron chi connectivity index (χ2n) is 7.58. The van der Waals surface area contributed by atoms with Crippen molar-refractivity contribution in [3.63, 3.8) is 0 Å². The summed E-state index contributed by atoms with van der Waals surface area (Å²) in [5, 5.41) is 2.42. The van der Waals surface area contributed by atoms with Gasteiger partial charge in [-0.25, -0.2) is 9.79 Å². The number of hydrogen-bond donors (Lipinski definition) is 1. The Morgan fingerprint density at radius 3 is 2.48 bits per heavy atom. The lowest BCUT2D eigenvalue weighted by molar-refractivity contribution is -0.126. The third-order valence-electron chi connectivity index (χ3n) is 5.80. The number of nitrogens with one attached hydrogen (secondary N) is 1. The molecule has 146 valence electrons. The number of anilines is 1. The summed E-state index contributed by atoms with van der Waals surface area (Å²) in [6.07, 6.45) is 1.41. The molecule has 7 heteroatoms. The van der Waals surface area contributed by atoms with Gasteiger partial charge in [0.15, 0.2) is 12.2 Å². The van der Waals surface area contributed by atoms with Crippen molar-refractivity contribution in [2.75, 3.05) is 11.9 Å². The molecule has 3 aliphatic rings. The Kier molecular flexibility index (Phi) is 3.74. The average Bonchev–Trinajstić information content (AvgIpc) is 3.25. The Hall–Kier alpha value is -3.61. The van der Waals surface area contributed by atoms with E-state index in [-0.39, 0.29) is 5.91 Å². The Bertz CT molecular complexity index is 1090. The van der Waals surface area contributed by atoms with Crippen LogP contribution in [0.25, 0.3) is 5.70 Å². The number of hydrogen-bond acceptors (Lipinski definition) is 5. The largest absolute Gasteiger partial charge is 0.325 e. The fourth-order valence-electron chi connectivity index (χ4n) is 4.01. The number of aliphatic imine (C=N–C) groups is 1. The predicted octanol–water partition coefficient (Wildman–Crippen LogP) is 2.67. The van der Waals surface area contributed by atoms with Crippen LogP contribution in [0.4, 0.5) is 10.5 Å². The van der Waals surface area contributed by atoms with Crippen molar-refractivity contribution >= 4 is 29.3 Å².